The smallest absolute Gasteiger partial charge is 0.349 e. The Morgan fingerprint density at radius 1 is 1.07 bits per heavy atom. The molecule has 2 heterocycles. The molecule has 6 rings (SSSR count). The summed E-state index contributed by atoms with van der Waals surface area (Å²) in [6, 6.07) is 10.5. The van der Waals surface area contributed by atoms with Gasteiger partial charge in [-0.05, 0) is 48.7 Å². The molecule has 1 fully saturated rings. The van der Waals surface area contributed by atoms with Crippen LogP contribution in [-0.4, -0.2) is 76.6 Å². The molecular formula is C34H38N2O9. The Bertz CT molecular complexity index is 1670. The van der Waals surface area contributed by atoms with E-state index < -0.39 is 41.6 Å². The average Bonchev–Trinajstić information content (AvgIpc) is 3.24. The molecule has 11 nitrogen and oxygen atoms in total. The van der Waals surface area contributed by atoms with Crippen molar-refractivity contribution in [3.8, 4) is 11.5 Å². The first-order chi connectivity index (χ1) is 21.9. The van der Waals surface area contributed by atoms with Crippen LogP contribution in [0.5, 0.6) is 11.5 Å². The summed E-state index contributed by atoms with van der Waals surface area (Å²) < 4.78 is 17.4. The highest BCUT2D eigenvalue weighted by Gasteiger charge is 2.52. The SMILES string of the molecule is COc1cc(CO)cc2c1OC1C2C(C(=O)NCCO)=CC(N(C(=O)c2cc3ccccc3oc2=O)C2CCCCCC2)C1O. The van der Waals surface area contributed by atoms with Gasteiger partial charge in [0.1, 0.15) is 23.4 Å². The molecule has 0 saturated heterocycles. The molecule has 11 heteroatoms. The van der Waals surface area contributed by atoms with Crippen LogP contribution in [-0.2, 0) is 11.4 Å². The van der Waals surface area contributed by atoms with Gasteiger partial charge < -0.3 is 39.4 Å². The van der Waals surface area contributed by atoms with Crippen molar-refractivity contribution in [2.75, 3.05) is 20.3 Å². The molecule has 4 unspecified atom stereocenters. The van der Waals surface area contributed by atoms with Gasteiger partial charge >= 0.3 is 5.63 Å². The number of hydrogen-bond acceptors (Lipinski definition) is 9. The van der Waals surface area contributed by atoms with E-state index in [1.54, 1.807) is 47.4 Å². The Kier molecular flexibility index (Phi) is 8.93. The van der Waals surface area contributed by atoms with Gasteiger partial charge in [-0.25, -0.2) is 4.79 Å². The monoisotopic (exact) mass is 618 g/mol. The van der Waals surface area contributed by atoms with Crippen LogP contribution >= 0.6 is 0 Å². The van der Waals surface area contributed by atoms with Crippen molar-refractivity contribution in [3.05, 3.63) is 81.2 Å². The summed E-state index contributed by atoms with van der Waals surface area (Å²) in [6.07, 6.45) is 4.39. The highest BCUT2D eigenvalue weighted by Crippen LogP contribution is 2.51. The minimum atomic E-state index is -1.29. The summed E-state index contributed by atoms with van der Waals surface area (Å²) in [5.41, 5.74) is 0.773. The van der Waals surface area contributed by atoms with Gasteiger partial charge in [-0.15, -0.1) is 0 Å². The van der Waals surface area contributed by atoms with Gasteiger partial charge in [-0.2, -0.15) is 0 Å². The lowest BCUT2D eigenvalue weighted by molar-refractivity contribution is -0.118. The van der Waals surface area contributed by atoms with Crippen LogP contribution < -0.4 is 20.4 Å². The van der Waals surface area contributed by atoms with Crippen molar-refractivity contribution in [1.29, 1.82) is 0 Å². The molecule has 0 radical (unpaired) electrons. The standard InChI is InChI=1S/C34H38N2O9/c1-43-27-15-19(18-38)14-22-28-23(32(40)35-12-13-37)17-25(29(39)31(28)45-30(22)27)36(21-9-4-2-3-5-10-21)33(41)24-16-20-8-6-7-11-26(20)44-34(24)42/h6-8,11,14-17,21,25,28-29,31,37-39H,2-5,9-10,12-13,18H2,1H3,(H,35,40). The lowest BCUT2D eigenvalue weighted by atomic mass is 9.76. The minimum absolute atomic E-state index is 0.00208. The molecule has 2 aliphatic carbocycles. The Hall–Kier alpha value is -4.19. The van der Waals surface area contributed by atoms with Gasteiger partial charge in [0.2, 0.25) is 5.91 Å². The third-order valence-electron chi connectivity index (χ3n) is 9.14. The molecule has 1 aromatic heterocycles. The van der Waals surface area contributed by atoms with E-state index in [0.717, 1.165) is 25.7 Å². The van der Waals surface area contributed by atoms with E-state index >= 15 is 0 Å². The summed E-state index contributed by atoms with van der Waals surface area (Å²) in [5.74, 6) is -1.14. The molecular weight excluding hydrogens is 580 g/mol. The van der Waals surface area contributed by atoms with Crippen LogP contribution in [0.15, 0.2) is 63.3 Å². The van der Waals surface area contributed by atoms with Gasteiger partial charge in [0.25, 0.3) is 5.91 Å². The zero-order chi connectivity index (χ0) is 31.7. The van der Waals surface area contributed by atoms with E-state index in [1.807, 2.05) is 0 Å². The van der Waals surface area contributed by atoms with Crippen LogP contribution in [0.1, 0.15) is 65.9 Å². The number of ether oxygens (including phenoxy) is 2. The molecule has 0 bridgehead atoms. The number of carbonyl (C=O) groups excluding carboxylic acids is 2. The molecule has 4 atom stereocenters. The largest absolute Gasteiger partial charge is 0.493 e. The second-order valence-electron chi connectivity index (χ2n) is 11.9. The topological polar surface area (TPSA) is 159 Å². The van der Waals surface area contributed by atoms with Crippen LogP contribution in [0.3, 0.4) is 0 Å². The first kappa shape index (κ1) is 30.8. The fourth-order valence-corrected chi connectivity index (χ4v) is 7.02. The number of rotatable bonds is 8. The molecule has 1 aliphatic heterocycles. The van der Waals surface area contributed by atoms with Gasteiger partial charge in [0, 0.05) is 29.1 Å². The molecule has 3 aliphatic rings. The second kappa shape index (κ2) is 13.0. The molecule has 2 aromatic carbocycles. The summed E-state index contributed by atoms with van der Waals surface area (Å²) in [6.45, 7) is -0.558. The van der Waals surface area contributed by atoms with Gasteiger partial charge in [-0.3, -0.25) is 9.59 Å². The molecule has 4 N–H and O–H groups in total. The molecule has 0 spiro atoms. The Morgan fingerprint density at radius 3 is 2.53 bits per heavy atom. The Morgan fingerprint density at radius 2 is 1.82 bits per heavy atom. The van der Waals surface area contributed by atoms with E-state index in [0.29, 0.717) is 46.4 Å². The molecule has 238 valence electrons. The number of hydrogen-bond donors (Lipinski definition) is 4. The predicted molar refractivity (Wildman–Crippen MR) is 164 cm³/mol. The number of carbonyl (C=O) groups is 2. The lowest BCUT2D eigenvalue weighted by Crippen LogP contribution is -2.58. The van der Waals surface area contributed by atoms with Crippen molar-refractivity contribution < 1.29 is 38.8 Å². The number of benzene rings is 2. The number of methoxy groups -OCH3 is 1. The Balaban J connectivity index is 1.49. The predicted octanol–water partition coefficient (Wildman–Crippen LogP) is 2.78. The first-order valence-electron chi connectivity index (χ1n) is 15.5. The molecule has 45 heavy (non-hydrogen) atoms. The van der Waals surface area contributed by atoms with E-state index in [9.17, 15) is 29.7 Å². The van der Waals surface area contributed by atoms with Crippen LogP contribution in [0.2, 0.25) is 0 Å². The van der Waals surface area contributed by atoms with E-state index in [4.69, 9.17) is 13.9 Å². The Labute approximate surface area is 260 Å². The fourth-order valence-electron chi connectivity index (χ4n) is 7.02. The van der Waals surface area contributed by atoms with Gasteiger partial charge in [-0.1, -0.05) is 43.9 Å². The highest BCUT2D eigenvalue weighted by molar-refractivity contribution is 5.99. The van der Waals surface area contributed by atoms with Gasteiger partial charge in [0.05, 0.1) is 32.3 Å². The number of fused-ring (bicyclic) bond motifs is 4. The number of nitrogens with one attached hydrogen (secondary N) is 1. The van der Waals surface area contributed by atoms with Crippen LogP contribution in [0, 0.1) is 0 Å². The van der Waals surface area contributed by atoms with Gasteiger partial charge in [0.15, 0.2) is 11.5 Å². The number of aliphatic hydroxyl groups is 3. The van der Waals surface area contributed by atoms with Crippen molar-refractivity contribution in [3.63, 3.8) is 0 Å². The van der Waals surface area contributed by atoms with E-state index in [-0.39, 0.29) is 36.9 Å². The number of nitrogens with zero attached hydrogens (tertiary/aromatic N) is 1. The zero-order valence-corrected chi connectivity index (χ0v) is 25.1. The van der Waals surface area contributed by atoms with E-state index in [1.165, 1.54) is 13.2 Å². The number of para-hydroxylation sites is 1. The highest BCUT2D eigenvalue weighted by atomic mass is 16.5. The quantitative estimate of drug-likeness (QED) is 0.220. The maximum Gasteiger partial charge on any atom is 0.349 e. The maximum atomic E-state index is 14.5. The zero-order valence-electron chi connectivity index (χ0n) is 25.1. The normalized spacial score (nSPS) is 22.9. The molecule has 1 saturated carbocycles. The van der Waals surface area contributed by atoms with Crippen molar-refractivity contribution in [2.45, 2.75) is 75.3 Å². The second-order valence-corrected chi connectivity index (χ2v) is 11.9. The van der Waals surface area contributed by atoms with E-state index in [2.05, 4.69) is 5.32 Å². The third kappa shape index (κ3) is 5.71. The summed E-state index contributed by atoms with van der Waals surface area (Å²) in [5, 5.41) is 34.7. The fraction of sp³-hybridized carbons (Fsp3) is 0.441. The van der Waals surface area contributed by atoms with Crippen molar-refractivity contribution in [1.82, 2.24) is 10.2 Å². The van der Waals surface area contributed by atoms with Crippen LogP contribution in [0.25, 0.3) is 11.0 Å². The third-order valence-corrected chi connectivity index (χ3v) is 9.14. The molecule has 2 amide bonds. The summed E-state index contributed by atoms with van der Waals surface area (Å²) in [4.78, 5) is 43.0. The molecule has 3 aromatic rings. The summed E-state index contributed by atoms with van der Waals surface area (Å²) >= 11 is 0. The maximum absolute atomic E-state index is 14.5. The van der Waals surface area contributed by atoms with Crippen molar-refractivity contribution in [2.24, 2.45) is 0 Å². The average molecular weight is 619 g/mol. The number of amides is 2. The first-order valence-corrected chi connectivity index (χ1v) is 15.5. The van der Waals surface area contributed by atoms with Crippen LogP contribution in [0.4, 0.5) is 0 Å². The lowest BCUT2D eigenvalue weighted by Gasteiger charge is -2.44. The minimum Gasteiger partial charge on any atom is -0.493 e. The van der Waals surface area contributed by atoms with Crippen molar-refractivity contribution >= 4 is 22.8 Å². The summed E-state index contributed by atoms with van der Waals surface area (Å²) in [7, 11) is 1.47. The number of aliphatic hydroxyl groups excluding tert-OH is 3.